The molecule has 1 aliphatic carbocycles. The van der Waals surface area contributed by atoms with Crippen LogP contribution in [0, 0.1) is 0 Å². The molecule has 0 bridgehead atoms. The lowest BCUT2D eigenvalue weighted by atomic mass is 10.2. The molecule has 0 radical (unpaired) electrons. The second kappa shape index (κ2) is 8.88. The first-order valence-corrected chi connectivity index (χ1v) is 10.3. The Labute approximate surface area is 183 Å². The van der Waals surface area contributed by atoms with Crippen molar-refractivity contribution < 1.29 is 9.32 Å². The quantitative estimate of drug-likeness (QED) is 0.435. The Balaban J connectivity index is 1.26. The number of hydrogen-bond donors (Lipinski definition) is 2. The van der Waals surface area contributed by atoms with Gasteiger partial charge < -0.3 is 15.2 Å². The number of amides is 1. The van der Waals surface area contributed by atoms with E-state index in [2.05, 4.69) is 40.7 Å². The van der Waals surface area contributed by atoms with E-state index in [1.54, 1.807) is 18.6 Å². The molecule has 2 N–H and O–H groups in total. The first-order valence-electron chi connectivity index (χ1n) is 10.3. The van der Waals surface area contributed by atoms with Gasteiger partial charge in [0.05, 0.1) is 30.0 Å². The van der Waals surface area contributed by atoms with E-state index in [9.17, 15) is 4.79 Å². The highest BCUT2D eigenvalue weighted by Crippen LogP contribution is 2.39. The van der Waals surface area contributed by atoms with Crippen molar-refractivity contribution in [2.75, 3.05) is 11.9 Å². The summed E-state index contributed by atoms with van der Waals surface area (Å²) in [5, 5.41) is 9.93. The summed E-state index contributed by atoms with van der Waals surface area (Å²) < 4.78 is 5.31. The summed E-state index contributed by atoms with van der Waals surface area (Å²) in [6.45, 7) is 0.329. The van der Waals surface area contributed by atoms with Crippen molar-refractivity contribution in [1.82, 2.24) is 35.4 Å². The molecule has 10 heteroatoms. The van der Waals surface area contributed by atoms with Gasteiger partial charge in [-0.1, -0.05) is 23.4 Å². The molecule has 1 aliphatic rings. The largest absolute Gasteiger partial charge is 0.350 e. The Bertz CT molecular complexity index is 1210. The third-order valence-electron chi connectivity index (χ3n) is 4.95. The first kappa shape index (κ1) is 19.7. The fourth-order valence-electron chi connectivity index (χ4n) is 3.15. The van der Waals surface area contributed by atoms with Crippen LogP contribution in [0.3, 0.4) is 0 Å². The zero-order valence-corrected chi connectivity index (χ0v) is 17.1. The summed E-state index contributed by atoms with van der Waals surface area (Å²) in [7, 11) is 0. The maximum atomic E-state index is 12.9. The molecule has 0 aliphatic heterocycles. The van der Waals surface area contributed by atoms with Crippen LogP contribution in [0.15, 0.2) is 59.8 Å². The van der Waals surface area contributed by atoms with Crippen molar-refractivity contribution in [3.63, 3.8) is 0 Å². The van der Waals surface area contributed by atoms with Crippen molar-refractivity contribution in [2.24, 2.45) is 0 Å². The Hall–Kier alpha value is -4.21. The molecule has 1 saturated carbocycles. The summed E-state index contributed by atoms with van der Waals surface area (Å²) in [6.07, 6.45) is 8.91. The Morgan fingerprint density at radius 1 is 1.06 bits per heavy atom. The van der Waals surface area contributed by atoms with Crippen LogP contribution in [0.25, 0.3) is 11.5 Å². The third-order valence-corrected chi connectivity index (χ3v) is 4.95. The van der Waals surface area contributed by atoms with Crippen LogP contribution in [0.2, 0.25) is 0 Å². The molecule has 160 valence electrons. The van der Waals surface area contributed by atoms with Crippen LogP contribution < -0.4 is 10.6 Å². The molecule has 10 nitrogen and oxygen atoms in total. The van der Waals surface area contributed by atoms with Crippen molar-refractivity contribution in [2.45, 2.75) is 25.2 Å². The highest BCUT2D eigenvalue weighted by molar-refractivity contribution is 5.97. The Morgan fingerprint density at radius 3 is 2.66 bits per heavy atom. The van der Waals surface area contributed by atoms with Gasteiger partial charge >= 0.3 is 0 Å². The van der Waals surface area contributed by atoms with Crippen molar-refractivity contribution in [3.05, 3.63) is 72.5 Å². The van der Waals surface area contributed by atoms with E-state index < -0.39 is 0 Å². The number of carbonyl (C=O) groups is 1. The van der Waals surface area contributed by atoms with Crippen molar-refractivity contribution in [1.29, 1.82) is 0 Å². The van der Waals surface area contributed by atoms with Gasteiger partial charge in [0, 0.05) is 24.4 Å². The van der Waals surface area contributed by atoms with Gasteiger partial charge in [0.1, 0.15) is 6.33 Å². The number of anilines is 2. The van der Waals surface area contributed by atoms with Gasteiger partial charge in [-0.15, -0.1) is 0 Å². The van der Waals surface area contributed by atoms with Crippen LogP contribution >= 0.6 is 0 Å². The highest BCUT2D eigenvalue weighted by atomic mass is 16.5. The molecule has 0 unspecified atom stereocenters. The van der Waals surface area contributed by atoms with E-state index in [0.29, 0.717) is 42.1 Å². The lowest BCUT2D eigenvalue weighted by Crippen LogP contribution is -2.28. The highest BCUT2D eigenvalue weighted by Gasteiger charge is 2.27. The van der Waals surface area contributed by atoms with E-state index in [0.717, 1.165) is 24.1 Å². The van der Waals surface area contributed by atoms with Crippen LogP contribution in [-0.2, 0) is 6.42 Å². The van der Waals surface area contributed by atoms with E-state index >= 15 is 0 Å². The molecule has 1 fully saturated rings. The van der Waals surface area contributed by atoms with Crippen LogP contribution in [0.5, 0.6) is 0 Å². The maximum Gasteiger partial charge on any atom is 0.273 e. The smallest absolute Gasteiger partial charge is 0.273 e. The van der Waals surface area contributed by atoms with Crippen molar-refractivity contribution in [3.8, 4) is 11.5 Å². The van der Waals surface area contributed by atoms with E-state index in [1.165, 1.54) is 6.33 Å². The minimum atomic E-state index is -0.328. The van der Waals surface area contributed by atoms with Gasteiger partial charge in [-0.2, -0.15) is 4.98 Å². The third kappa shape index (κ3) is 4.59. The van der Waals surface area contributed by atoms with Gasteiger partial charge in [0.2, 0.25) is 0 Å². The zero-order valence-electron chi connectivity index (χ0n) is 17.1. The van der Waals surface area contributed by atoms with Crippen LogP contribution in [0.1, 0.15) is 40.8 Å². The molecular weight excluding hydrogens is 408 g/mol. The van der Waals surface area contributed by atoms with Gasteiger partial charge in [0.25, 0.3) is 11.8 Å². The number of hydrogen-bond acceptors (Lipinski definition) is 9. The van der Waals surface area contributed by atoms with E-state index in [-0.39, 0.29) is 11.6 Å². The fourth-order valence-corrected chi connectivity index (χ4v) is 3.15. The second-order valence-electron chi connectivity index (χ2n) is 7.41. The SMILES string of the molecule is O=C(NCCc1noc(-c2ccccc2)n1)c1nc(C2CC2)cnc1Nc1cncnc1. The summed E-state index contributed by atoms with van der Waals surface area (Å²) in [6, 6.07) is 9.53. The maximum absolute atomic E-state index is 12.9. The molecule has 5 rings (SSSR count). The van der Waals surface area contributed by atoms with Crippen LogP contribution in [-0.4, -0.2) is 42.5 Å². The average molecular weight is 428 g/mol. The monoisotopic (exact) mass is 428 g/mol. The molecule has 1 aromatic carbocycles. The number of rotatable bonds is 8. The van der Waals surface area contributed by atoms with E-state index in [1.807, 2.05) is 30.3 Å². The molecule has 4 aromatic rings. The molecule has 3 heterocycles. The van der Waals surface area contributed by atoms with Crippen LogP contribution in [0.4, 0.5) is 11.5 Å². The first-order chi connectivity index (χ1) is 15.8. The molecule has 1 amide bonds. The average Bonchev–Trinajstić information content (AvgIpc) is 3.58. The predicted octanol–water partition coefficient (Wildman–Crippen LogP) is 2.91. The number of nitrogens with zero attached hydrogens (tertiary/aromatic N) is 6. The fraction of sp³-hybridized carbons (Fsp3) is 0.227. The zero-order chi connectivity index (χ0) is 21.8. The lowest BCUT2D eigenvalue weighted by molar-refractivity contribution is 0.0949. The molecule has 0 spiro atoms. The number of nitrogens with one attached hydrogen (secondary N) is 2. The standard InChI is InChI=1S/C22H20N8O2/c31-21(25-9-8-18-29-22(32-30-18)15-4-2-1-3-5-15)19-20(27-16-10-23-13-24-11-16)26-12-17(28-19)14-6-7-14/h1-5,10-14H,6-9H2,(H,25,31)(H,26,27). The van der Waals surface area contributed by atoms with Crippen molar-refractivity contribution >= 4 is 17.4 Å². The minimum absolute atomic E-state index is 0.233. The number of carbonyl (C=O) groups excluding carboxylic acids is 1. The number of aromatic nitrogens is 6. The molecule has 0 saturated heterocycles. The Kier molecular flexibility index (Phi) is 5.48. The summed E-state index contributed by atoms with van der Waals surface area (Å²) in [5.41, 5.74) is 2.53. The van der Waals surface area contributed by atoms with Gasteiger partial charge in [-0.25, -0.2) is 19.9 Å². The van der Waals surface area contributed by atoms with Gasteiger partial charge in [0.15, 0.2) is 17.3 Å². The summed E-state index contributed by atoms with van der Waals surface area (Å²) in [4.78, 5) is 34.3. The Morgan fingerprint density at radius 2 is 1.88 bits per heavy atom. The molecule has 3 aromatic heterocycles. The normalized spacial score (nSPS) is 13.0. The second-order valence-corrected chi connectivity index (χ2v) is 7.41. The lowest BCUT2D eigenvalue weighted by Gasteiger charge is -2.11. The van der Waals surface area contributed by atoms with E-state index in [4.69, 9.17) is 4.52 Å². The summed E-state index contributed by atoms with van der Waals surface area (Å²) >= 11 is 0. The topological polar surface area (TPSA) is 132 Å². The van der Waals surface area contributed by atoms with Gasteiger partial charge in [-0.05, 0) is 25.0 Å². The summed E-state index contributed by atoms with van der Waals surface area (Å²) in [5.74, 6) is 1.37. The molecular formula is C22H20N8O2. The minimum Gasteiger partial charge on any atom is -0.350 e. The predicted molar refractivity (Wildman–Crippen MR) is 115 cm³/mol. The van der Waals surface area contributed by atoms with Gasteiger partial charge in [-0.3, -0.25) is 4.79 Å². The molecule has 32 heavy (non-hydrogen) atoms. The number of benzene rings is 1. The molecule has 0 atom stereocenters.